The highest BCUT2D eigenvalue weighted by Crippen LogP contribution is 2.32. The van der Waals surface area contributed by atoms with Gasteiger partial charge in [0, 0.05) is 24.5 Å². The van der Waals surface area contributed by atoms with E-state index in [4.69, 9.17) is 0 Å². The fraction of sp³-hybridized carbons (Fsp3) is 0.241. The Bertz CT molecular complexity index is 1530. The molecule has 1 aromatic heterocycles. The lowest BCUT2D eigenvalue weighted by Gasteiger charge is -2.17. The third-order valence-electron chi connectivity index (χ3n) is 6.40. The van der Waals surface area contributed by atoms with E-state index in [1.54, 1.807) is 35.2 Å². The van der Waals surface area contributed by atoms with E-state index >= 15 is 0 Å². The zero-order valence-corrected chi connectivity index (χ0v) is 22.9. The Labute approximate surface area is 229 Å². The molecule has 1 fully saturated rings. The van der Waals surface area contributed by atoms with Gasteiger partial charge in [-0.2, -0.15) is 0 Å². The molecular formula is C29H28N4O3S2. The van der Waals surface area contributed by atoms with Crippen LogP contribution in [0.1, 0.15) is 44.7 Å². The maximum absolute atomic E-state index is 13.1. The second-order valence-corrected chi connectivity index (χ2v) is 11.6. The third kappa shape index (κ3) is 5.89. The number of carbonyl (C=O) groups is 3. The predicted molar refractivity (Wildman–Crippen MR) is 154 cm³/mol. The Hall–Kier alpha value is -3.69. The van der Waals surface area contributed by atoms with E-state index in [2.05, 4.69) is 15.6 Å². The lowest BCUT2D eigenvalue weighted by Crippen LogP contribution is -2.29. The summed E-state index contributed by atoms with van der Waals surface area (Å²) >= 11 is 2.85. The standard InChI is InChI=1S/C29H28N4O3S2/c1-18-9-11-23(19(2)15-18)31-26(34)17-37-29-32-24-12-10-20(16-25(24)38-29)30-27(35)21-7-3-4-8-22(21)28(36)33-13-5-6-14-33/h3-4,7-12,15-16H,5-6,13-14,17H2,1-2H3,(H,30,35)(H,31,34). The zero-order valence-electron chi connectivity index (χ0n) is 21.2. The molecule has 1 aliphatic rings. The van der Waals surface area contributed by atoms with Gasteiger partial charge in [0.25, 0.3) is 11.8 Å². The highest BCUT2D eigenvalue weighted by Gasteiger charge is 2.24. The molecule has 1 aliphatic heterocycles. The van der Waals surface area contributed by atoms with Crippen molar-refractivity contribution >= 4 is 62.4 Å². The lowest BCUT2D eigenvalue weighted by atomic mass is 10.1. The first-order valence-electron chi connectivity index (χ1n) is 12.5. The molecule has 194 valence electrons. The van der Waals surface area contributed by atoms with E-state index in [0.29, 0.717) is 16.8 Å². The fourth-order valence-corrected chi connectivity index (χ4v) is 6.37. The van der Waals surface area contributed by atoms with Gasteiger partial charge in [-0.25, -0.2) is 4.98 Å². The molecule has 0 bridgehead atoms. The molecule has 0 aliphatic carbocycles. The number of nitrogens with zero attached hydrogens (tertiary/aromatic N) is 2. The Morgan fingerprint density at radius 3 is 2.47 bits per heavy atom. The molecule has 3 amide bonds. The molecule has 3 aromatic carbocycles. The molecule has 0 saturated carbocycles. The number of aromatic nitrogens is 1. The summed E-state index contributed by atoms with van der Waals surface area (Å²) in [5.74, 6) is -0.265. The van der Waals surface area contributed by atoms with Crippen molar-refractivity contribution in [3.8, 4) is 0 Å². The zero-order chi connectivity index (χ0) is 26.6. The number of amides is 3. The number of thiazole rings is 1. The van der Waals surface area contributed by atoms with Gasteiger partial charge < -0.3 is 15.5 Å². The minimum absolute atomic E-state index is 0.0868. The topological polar surface area (TPSA) is 91.4 Å². The van der Waals surface area contributed by atoms with Gasteiger partial charge in [0.05, 0.1) is 27.1 Å². The lowest BCUT2D eigenvalue weighted by molar-refractivity contribution is -0.113. The first-order chi connectivity index (χ1) is 18.4. The van der Waals surface area contributed by atoms with Crippen LogP contribution in [0.4, 0.5) is 11.4 Å². The molecule has 1 saturated heterocycles. The summed E-state index contributed by atoms with van der Waals surface area (Å²) < 4.78 is 1.68. The van der Waals surface area contributed by atoms with Crippen molar-refractivity contribution in [3.63, 3.8) is 0 Å². The van der Waals surface area contributed by atoms with Crippen molar-refractivity contribution in [2.75, 3.05) is 29.5 Å². The van der Waals surface area contributed by atoms with Crippen LogP contribution in [0.15, 0.2) is 65.0 Å². The van der Waals surface area contributed by atoms with E-state index in [9.17, 15) is 14.4 Å². The van der Waals surface area contributed by atoms with Gasteiger partial charge in [-0.05, 0) is 68.7 Å². The normalized spacial score (nSPS) is 13.1. The highest BCUT2D eigenvalue weighted by molar-refractivity contribution is 8.01. The van der Waals surface area contributed by atoms with Crippen molar-refractivity contribution < 1.29 is 14.4 Å². The number of benzene rings is 3. The summed E-state index contributed by atoms with van der Waals surface area (Å²) in [5.41, 5.74) is 5.20. The van der Waals surface area contributed by atoms with Crippen LogP contribution in [0.25, 0.3) is 10.2 Å². The van der Waals surface area contributed by atoms with Gasteiger partial charge in [-0.1, -0.05) is 41.6 Å². The minimum Gasteiger partial charge on any atom is -0.339 e. The summed E-state index contributed by atoms with van der Waals surface area (Å²) in [6, 6.07) is 18.4. The SMILES string of the molecule is Cc1ccc(NC(=O)CSc2nc3ccc(NC(=O)c4ccccc4C(=O)N4CCCC4)cc3s2)c(C)c1. The molecule has 0 radical (unpaired) electrons. The van der Waals surface area contributed by atoms with Crippen LogP contribution in [-0.4, -0.2) is 46.4 Å². The van der Waals surface area contributed by atoms with Crippen LogP contribution >= 0.6 is 23.1 Å². The summed E-state index contributed by atoms with van der Waals surface area (Å²) in [4.78, 5) is 45.0. The Balaban J connectivity index is 1.24. The number of fused-ring (bicyclic) bond motifs is 1. The number of hydrogen-bond donors (Lipinski definition) is 2. The summed E-state index contributed by atoms with van der Waals surface area (Å²) in [6.45, 7) is 5.45. The first-order valence-corrected chi connectivity index (χ1v) is 14.3. The second kappa shape index (κ2) is 11.4. The van der Waals surface area contributed by atoms with Crippen LogP contribution in [0, 0.1) is 13.8 Å². The largest absolute Gasteiger partial charge is 0.339 e. The molecule has 0 spiro atoms. The Morgan fingerprint density at radius 1 is 0.947 bits per heavy atom. The van der Waals surface area contributed by atoms with Crippen molar-refractivity contribution in [2.24, 2.45) is 0 Å². The number of nitrogens with one attached hydrogen (secondary N) is 2. The third-order valence-corrected chi connectivity index (χ3v) is 8.57. The van der Waals surface area contributed by atoms with E-state index < -0.39 is 0 Å². The van der Waals surface area contributed by atoms with E-state index in [-0.39, 0.29) is 23.5 Å². The smallest absolute Gasteiger partial charge is 0.256 e. The van der Waals surface area contributed by atoms with Crippen LogP contribution in [-0.2, 0) is 4.79 Å². The van der Waals surface area contributed by atoms with Crippen LogP contribution in [0.3, 0.4) is 0 Å². The van der Waals surface area contributed by atoms with Gasteiger partial charge in [-0.15, -0.1) is 11.3 Å². The van der Waals surface area contributed by atoms with Crippen molar-refractivity contribution in [1.82, 2.24) is 9.88 Å². The molecule has 2 N–H and O–H groups in total. The highest BCUT2D eigenvalue weighted by atomic mass is 32.2. The van der Waals surface area contributed by atoms with Gasteiger partial charge in [0.1, 0.15) is 0 Å². The van der Waals surface area contributed by atoms with Gasteiger partial charge in [0.2, 0.25) is 5.91 Å². The van der Waals surface area contributed by atoms with Crippen LogP contribution in [0.2, 0.25) is 0 Å². The number of rotatable bonds is 7. The number of likely N-dealkylation sites (tertiary alicyclic amines) is 1. The summed E-state index contributed by atoms with van der Waals surface area (Å²) in [6.07, 6.45) is 1.98. The first kappa shape index (κ1) is 25.9. The second-order valence-electron chi connectivity index (χ2n) is 9.32. The molecule has 0 unspecified atom stereocenters. The molecule has 5 rings (SSSR count). The van der Waals surface area contributed by atoms with Gasteiger partial charge in [-0.3, -0.25) is 14.4 Å². The molecular weight excluding hydrogens is 516 g/mol. The number of hydrogen-bond acceptors (Lipinski definition) is 6. The van der Waals surface area contributed by atoms with Crippen molar-refractivity contribution in [2.45, 2.75) is 31.0 Å². The minimum atomic E-state index is -0.324. The quantitative estimate of drug-likeness (QED) is 0.273. The number of thioether (sulfide) groups is 1. The van der Waals surface area contributed by atoms with Crippen LogP contribution in [0.5, 0.6) is 0 Å². The maximum atomic E-state index is 13.1. The molecule has 38 heavy (non-hydrogen) atoms. The number of carbonyl (C=O) groups excluding carboxylic acids is 3. The van der Waals surface area contributed by atoms with Crippen molar-refractivity contribution in [1.29, 1.82) is 0 Å². The summed E-state index contributed by atoms with van der Waals surface area (Å²) in [5, 5.41) is 5.89. The maximum Gasteiger partial charge on any atom is 0.256 e. The van der Waals surface area contributed by atoms with E-state index in [1.807, 2.05) is 44.2 Å². The Morgan fingerprint density at radius 2 is 1.71 bits per heavy atom. The average Bonchev–Trinajstić information content (AvgIpc) is 3.59. The fourth-order valence-electron chi connectivity index (χ4n) is 4.47. The van der Waals surface area contributed by atoms with Gasteiger partial charge >= 0.3 is 0 Å². The molecule has 0 atom stereocenters. The number of aryl methyl sites for hydroxylation is 2. The molecule has 4 aromatic rings. The predicted octanol–water partition coefficient (Wildman–Crippen LogP) is 6.13. The number of anilines is 2. The summed E-state index contributed by atoms with van der Waals surface area (Å²) in [7, 11) is 0. The van der Waals surface area contributed by atoms with Gasteiger partial charge in [0.15, 0.2) is 4.34 Å². The molecule has 2 heterocycles. The monoisotopic (exact) mass is 544 g/mol. The molecule has 7 nitrogen and oxygen atoms in total. The van der Waals surface area contributed by atoms with E-state index in [1.165, 1.54) is 23.1 Å². The van der Waals surface area contributed by atoms with Crippen LogP contribution < -0.4 is 10.6 Å². The molecule has 9 heteroatoms. The Kier molecular flexibility index (Phi) is 7.76. The van der Waals surface area contributed by atoms with Crippen molar-refractivity contribution in [3.05, 3.63) is 82.9 Å². The average molecular weight is 545 g/mol. The van der Waals surface area contributed by atoms with E-state index in [0.717, 1.165) is 57.3 Å².